The summed E-state index contributed by atoms with van der Waals surface area (Å²) in [6, 6.07) is 11.6. The van der Waals surface area contributed by atoms with E-state index >= 15 is 0 Å². The van der Waals surface area contributed by atoms with E-state index in [1.54, 1.807) is 16.7 Å². The van der Waals surface area contributed by atoms with Crippen LogP contribution in [0.2, 0.25) is 5.02 Å². The molecule has 0 saturated carbocycles. The summed E-state index contributed by atoms with van der Waals surface area (Å²) < 4.78 is 0.931. The van der Waals surface area contributed by atoms with Gasteiger partial charge in [-0.2, -0.15) is 0 Å². The zero-order valence-electron chi connectivity index (χ0n) is 17.6. The van der Waals surface area contributed by atoms with Crippen molar-refractivity contribution in [2.45, 2.75) is 25.7 Å². The van der Waals surface area contributed by atoms with Crippen LogP contribution in [-0.2, 0) is 0 Å². The van der Waals surface area contributed by atoms with Gasteiger partial charge < -0.3 is 4.90 Å². The van der Waals surface area contributed by atoms with Gasteiger partial charge in [0.05, 0.1) is 15.2 Å². The van der Waals surface area contributed by atoms with Crippen molar-refractivity contribution in [1.82, 2.24) is 9.88 Å². The summed E-state index contributed by atoms with van der Waals surface area (Å²) in [7, 11) is 0. The topological polar surface area (TPSA) is 36.4 Å². The predicted molar refractivity (Wildman–Crippen MR) is 134 cm³/mol. The Hall–Kier alpha value is -1.31. The molecular weight excluding hydrogens is 457 g/mol. The van der Waals surface area contributed by atoms with Crippen LogP contribution in [0.15, 0.2) is 41.3 Å². The first-order valence-electron chi connectivity index (χ1n) is 9.72. The molecule has 3 rings (SSSR count). The molecule has 4 nitrogen and oxygen atoms in total. The van der Waals surface area contributed by atoms with Crippen LogP contribution in [0.3, 0.4) is 0 Å². The number of benzene rings is 2. The molecular formula is C22H27Cl2N3OS2. The summed E-state index contributed by atoms with van der Waals surface area (Å²) in [6.45, 7) is 9.57. The fraction of sp³-hybridized carbons (Fsp3) is 0.364. The number of amides is 1. The van der Waals surface area contributed by atoms with Crippen molar-refractivity contribution in [2.75, 3.05) is 37.3 Å². The van der Waals surface area contributed by atoms with Gasteiger partial charge in [0.1, 0.15) is 0 Å². The highest BCUT2D eigenvalue weighted by molar-refractivity contribution is 7.98. The number of nitrogens with zero attached hydrogens (tertiary/aromatic N) is 3. The molecule has 0 unspecified atom stereocenters. The van der Waals surface area contributed by atoms with Crippen molar-refractivity contribution in [3.8, 4) is 0 Å². The van der Waals surface area contributed by atoms with E-state index < -0.39 is 0 Å². The second kappa shape index (κ2) is 11.3. The van der Waals surface area contributed by atoms with E-state index in [9.17, 15) is 4.79 Å². The lowest BCUT2D eigenvalue weighted by Gasteiger charge is -2.24. The minimum atomic E-state index is -0.0300. The Morgan fingerprint density at radius 2 is 1.77 bits per heavy atom. The molecule has 0 radical (unpaired) electrons. The number of carbonyl (C=O) groups excluding carboxylic acids is 1. The summed E-state index contributed by atoms with van der Waals surface area (Å²) in [4.78, 5) is 23.5. The van der Waals surface area contributed by atoms with Gasteiger partial charge in [-0.25, -0.2) is 4.98 Å². The highest BCUT2D eigenvalue weighted by Gasteiger charge is 2.23. The van der Waals surface area contributed by atoms with Crippen LogP contribution in [0.4, 0.5) is 5.13 Å². The third-order valence-electron chi connectivity index (χ3n) is 5.03. The third kappa shape index (κ3) is 5.48. The summed E-state index contributed by atoms with van der Waals surface area (Å²) in [6.07, 6.45) is 2.03. The standard InChI is InChI=1S/C22H26ClN3OS2.ClH/c1-5-25(6-2)13-14-26(21(27)16-8-10-17(28-4)11-9-16)22-24-19-15(3)7-12-18(23)20(19)29-22;/h7-12H,5-6,13-14H2,1-4H3;1H. The van der Waals surface area contributed by atoms with Crippen LogP contribution in [0.1, 0.15) is 29.8 Å². The largest absolute Gasteiger partial charge is 0.302 e. The van der Waals surface area contributed by atoms with Crippen LogP contribution < -0.4 is 4.90 Å². The van der Waals surface area contributed by atoms with Crippen molar-refractivity contribution in [1.29, 1.82) is 0 Å². The summed E-state index contributed by atoms with van der Waals surface area (Å²) in [5.41, 5.74) is 2.60. The molecule has 0 aliphatic carbocycles. The summed E-state index contributed by atoms with van der Waals surface area (Å²) >= 11 is 9.55. The lowest BCUT2D eigenvalue weighted by Crippen LogP contribution is -2.38. The average molecular weight is 485 g/mol. The van der Waals surface area contributed by atoms with E-state index in [1.807, 2.05) is 49.6 Å². The molecule has 0 spiro atoms. The predicted octanol–water partition coefficient (Wildman–Crippen LogP) is 6.39. The van der Waals surface area contributed by atoms with Crippen LogP contribution in [0.25, 0.3) is 10.2 Å². The number of fused-ring (bicyclic) bond motifs is 1. The lowest BCUT2D eigenvalue weighted by molar-refractivity contribution is 0.0983. The second-order valence-corrected chi connectivity index (χ2v) is 9.02. The Balaban J connectivity index is 0.00000320. The van der Waals surface area contributed by atoms with E-state index in [2.05, 4.69) is 18.7 Å². The van der Waals surface area contributed by atoms with Crippen LogP contribution >= 0.6 is 47.1 Å². The number of hydrogen-bond acceptors (Lipinski definition) is 5. The SMILES string of the molecule is CCN(CC)CCN(C(=O)c1ccc(SC)cc1)c1nc2c(C)ccc(Cl)c2s1.Cl. The fourth-order valence-electron chi connectivity index (χ4n) is 3.16. The number of thiazole rings is 1. The number of likely N-dealkylation sites (N-methyl/N-ethyl adjacent to an activating group) is 1. The van der Waals surface area contributed by atoms with E-state index in [0.29, 0.717) is 22.3 Å². The molecule has 1 aromatic heterocycles. The van der Waals surface area contributed by atoms with E-state index in [4.69, 9.17) is 16.6 Å². The molecule has 0 aliphatic heterocycles. The average Bonchev–Trinajstić information content (AvgIpc) is 3.20. The number of rotatable bonds is 8. The van der Waals surface area contributed by atoms with Gasteiger partial charge in [0.15, 0.2) is 5.13 Å². The van der Waals surface area contributed by atoms with E-state index in [-0.39, 0.29) is 18.3 Å². The normalized spacial score (nSPS) is 11.0. The minimum absolute atomic E-state index is 0. The number of thioether (sulfide) groups is 1. The van der Waals surface area contributed by atoms with Crippen molar-refractivity contribution < 1.29 is 4.79 Å². The Morgan fingerprint density at radius 3 is 2.33 bits per heavy atom. The van der Waals surface area contributed by atoms with Gasteiger partial charge in [0.25, 0.3) is 5.91 Å². The Morgan fingerprint density at radius 1 is 1.10 bits per heavy atom. The van der Waals surface area contributed by atoms with Gasteiger partial charge in [-0.1, -0.05) is 42.9 Å². The van der Waals surface area contributed by atoms with Crippen molar-refractivity contribution >= 4 is 68.4 Å². The first-order valence-corrected chi connectivity index (χ1v) is 12.1. The molecule has 0 N–H and O–H groups in total. The molecule has 0 aliphatic rings. The molecule has 3 aromatic rings. The molecule has 162 valence electrons. The van der Waals surface area contributed by atoms with Crippen LogP contribution in [-0.4, -0.2) is 48.2 Å². The zero-order chi connectivity index (χ0) is 21.0. The maximum atomic E-state index is 13.4. The first kappa shape index (κ1) is 25.0. The lowest BCUT2D eigenvalue weighted by atomic mass is 10.2. The van der Waals surface area contributed by atoms with Crippen molar-refractivity contribution in [2.24, 2.45) is 0 Å². The maximum Gasteiger partial charge on any atom is 0.260 e. The smallest absolute Gasteiger partial charge is 0.260 e. The van der Waals surface area contributed by atoms with Crippen LogP contribution in [0.5, 0.6) is 0 Å². The molecule has 1 heterocycles. The number of anilines is 1. The van der Waals surface area contributed by atoms with Gasteiger partial charge >= 0.3 is 0 Å². The molecule has 30 heavy (non-hydrogen) atoms. The Kier molecular flexibility index (Phi) is 9.44. The van der Waals surface area contributed by atoms with Gasteiger partial charge in [-0.05, 0) is 62.2 Å². The summed E-state index contributed by atoms with van der Waals surface area (Å²) in [5.74, 6) is -0.0300. The van der Waals surface area contributed by atoms with Gasteiger partial charge in [0.2, 0.25) is 0 Å². The third-order valence-corrected chi connectivity index (χ3v) is 7.32. The molecule has 1 amide bonds. The molecule has 0 fully saturated rings. The first-order chi connectivity index (χ1) is 14.0. The van der Waals surface area contributed by atoms with Gasteiger partial charge in [-0.15, -0.1) is 24.2 Å². The fourth-order valence-corrected chi connectivity index (χ4v) is 4.91. The maximum absolute atomic E-state index is 13.4. The van der Waals surface area contributed by atoms with Gasteiger partial charge in [0, 0.05) is 23.5 Å². The van der Waals surface area contributed by atoms with Gasteiger partial charge in [-0.3, -0.25) is 9.69 Å². The molecule has 2 aromatic carbocycles. The van der Waals surface area contributed by atoms with Crippen LogP contribution in [0, 0.1) is 6.92 Å². The number of halogens is 2. The Bertz CT molecular complexity index is 949. The highest BCUT2D eigenvalue weighted by atomic mass is 35.5. The monoisotopic (exact) mass is 483 g/mol. The number of hydrogen-bond donors (Lipinski definition) is 0. The minimum Gasteiger partial charge on any atom is -0.302 e. The van der Waals surface area contributed by atoms with Crippen molar-refractivity contribution in [3.63, 3.8) is 0 Å². The zero-order valence-corrected chi connectivity index (χ0v) is 20.9. The second-order valence-electron chi connectivity index (χ2n) is 6.75. The number of carbonyl (C=O) groups is 1. The Labute approximate surface area is 198 Å². The van der Waals surface area contributed by atoms with E-state index in [0.717, 1.165) is 40.3 Å². The molecule has 8 heteroatoms. The van der Waals surface area contributed by atoms with Crippen molar-refractivity contribution in [3.05, 3.63) is 52.5 Å². The highest BCUT2D eigenvalue weighted by Crippen LogP contribution is 2.36. The quantitative estimate of drug-likeness (QED) is 0.347. The number of aryl methyl sites for hydroxylation is 1. The molecule has 0 saturated heterocycles. The molecule has 0 bridgehead atoms. The number of aromatic nitrogens is 1. The summed E-state index contributed by atoms with van der Waals surface area (Å²) in [5, 5.41) is 1.37. The molecule has 0 atom stereocenters. The van der Waals surface area contributed by atoms with E-state index in [1.165, 1.54) is 11.3 Å².